The maximum absolute atomic E-state index is 11.2. The van der Waals surface area contributed by atoms with Gasteiger partial charge in [0.2, 0.25) is 5.91 Å². The largest absolute Gasteiger partial charge is 0.508 e. The van der Waals surface area contributed by atoms with Crippen LogP contribution in [0.15, 0.2) is 30.3 Å². The van der Waals surface area contributed by atoms with Crippen molar-refractivity contribution in [2.75, 3.05) is 6.54 Å². The van der Waals surface area contributed by atoms with Gasteiger partial charge in [-0.05, 0) is 47.0 Å². The van der Waals surface area contributed by atoms with Gasteiger partial charge in [-0.25, -0.2) is 0 Å². The summed E-state index contributed by atoms with van der Waals surface area (Å²) in [5, 5.41) is 23.8. The highest BCUT2D eigenvalue weighted by Crippen LogP contribution is 2.28. The van der Waals surface area contributed by atoms with E-state index in [1.165, 1.54) is 0 Å². The third kappa shape index (κ3) is 3.16. The summed E-state index contributed by atoms with van der Waals surface area (Å²) in [4.78, 5) is 11.2. The molecule has 2 aromatic rings. The normalized spacial score (nSPS) is 10.6. The predicted molar refractivity (Wildman–Crippen MR) is 74.3 cm³/mol. The molecule has 19 heavy (non-hydrogen) atoms. The molecule has 4 heteroatoms. The van der Waals surface area contributed by atoms with Crippen molar-refractivity contribution in [1.29, 1.82) is 0 Å². The van der Waals surface area contributed by atoms with Crippen LogP contribution >= 0.6 is 0 Å². The lowest BCUT2D eigenvalue weighted by Crippen LogP contribution is -2.24. The minimum absolute atomic E-state index is 0.00676. The van der Waals surface area contributed by atoms with Crippen LogP contribution in [0.4, 0.5) is 0 Å². The van der Waals surface area contributed by atoms with Crippen molar-refractivity contribution in [2.24, 2.45) is 0 Å². The van der Waals surface area contributed by atoms with E-state index >= 15 is 0 Å². The first kappa shape index (κ1) is 13.2. The molecule has 0 heterocycles. The zero-order chi connectivity index (χ0) is 13.8. The number of amides is 1. The van der Waals surface area contributed by atoms with Gasteiger partial charge in [-0.3, -0.25) is 4.79 Å². The van der Waals surface area contributed by atoms with Gasteiger partial charge in [0.05, 0.1) is 0 Å². The molecule has 1 amide bonds. The number of nitrogens with one attached hydrogen (secondary N) is 1. The summed E-state index contributed by atoms with van der Waals surface area (Å²) in [6, 6.07) is 8.34. The van der Waals surface area contributed by atoms with Crippen LogP contribution in [0.2, 0.25) is 0 Å². The molecule has 0 aromatic heterocycles. The molecule has 3 N–H and O–H groups in total. The van der Waals surface area contributed by atoms with Crippen LogP contribution < -0.4 is 5.32 Å². The van der Waals surface area contributed by atoms with Crippen LogP contribution in [-0.4, -0.2) is 22.7 Å². The molecule has 2 rings (SSSR count). The molecule has 0 saturated heterocycles. The Hall–Kier alpha value is -2.23. The van der Waals surface area contributed by atoms with Crippen molar-refractivity contribution in [3.8, 4) is 11.5 Å². The van der Waals surface area contributed by atoms with Crippen LogP contribution in [0.25, 0.3) is 10.8 Å². The van der Waals surface area contributed by atoms with E-state index in [0.29, 0.717) is 19.4 Å². The summed E-state index contributed by atoms with van der Waals surface area (Å²) in [5.41, 5.74) is 0.905. The maximum Gasteiger partial charge on any atom is 0.219 e. The molecule has 4 nitrogen and oxygen atoms in total. The Morgan fingerprint density at radius 1 is 1.16 bits per heavy atom. The minimum atomic E-state index is 0.00676. The smallest absolute Gasteiger partial charge is 0.219 e. The molecule has 0 aliphatic carbocycles. The number of carbonyl (C=O) groups excluding carboxylic acids is 1. The maximum atomic E-state index is 11.2. The molecule has 100 valence electrons. The van der Waals surface area contributed by atoms with Gasteiger partial charge in [0.15, 0.2) is 0 Å². The number of benzene rings is 2. The van der Waals surface area contributed by atoms with Crippen LogP contribution in [0.5, 0.6) is 11.5 Å². The predicted octanol–water partition coefficient (Wildman–Crippen LogP) is 2.32. The molecule has 2 aromatic carbocycles. The second-order valence-electron chi connectivity index (χ2n) is 4.46. The lowest BCUT2D eigenvalue weighted by atomic mass is 10.0. The number of rotatable bonds is 4. The monoisotopic (exact) mass is 259 g/mol. The number of aromatic hydroxyl groups is 2. The topological polar surface area (TPSA) is 69.6 Å². The molecule has 0 bridgehead atoms. The highest BCUT2D eigenvalue weighted by atomic mass is 16.3. The number of phenolic OH excluding ortho intramolecular Hbond substituents is 2. The van der Waals surface area contributed by atoms with Crippen molar-refractivity contribution in [3.05, 3.63) is 35.9 Å². The van der Waals surface area contributed by atoms with E-state index in [2.05, 4.69) is 5.32 Å². The van der Waals surface area contributed by atoms with Crippen molar-refractivity contribution < 1.29 is 15.0 Å². The van der Waals surface area contributed by atoms with Crippen LogP contribution in [0.1, 0.15) is 18.9 Å². The van der Waals surface area contributed by atoms with E-state index in [9.17, 15) is 15.0 Å². The Balaban J connectivity index is 2.25. The van der Waals surface area contributed by atoms with Gasteiger partial charge >= 0.3 is 0 Å². The Bertz CT molecular complexity index is 608. The lowest BCUT2D eigenvalue weighted by molar-refractivity contribution is -0.120. The van der Waals surface area contributed by atoms with Crippen LogP contribution in [0, 0.1) is 0 Å². The Labute approximate surface area is 111 Å². The fourth-order valence-corrected chi connectivity index (χ4v) is 2.07. The van der Waals surface area contributed by atoms with E-state index in [-0.39, 0.29) is 17.4 Å². The summed E-state index contributed by atoms with van der Waals surface area (Å²) in [5.74, 6) is 0.388. The van der Waals surface area contributed by atoms with E-state index in [1.807, 2.05) is 0 Å². The summed E-state index contributed by atoms with van der Waals surface area (Å²) >= 11 is 0. The minimum Gasteiger partial charge on any atom is -0.508 e. The standard InChI is InChI=1S/C15H17NO3/c1-2-15(19)16-6-5-11-8-13(18)7-10-3-4-12(17)9-14(10)11/h3-4,7-9,17-18H,2,5-6H2,1H3,(H,16,19). The lowest BCUT2D eigenvalue weighted by Gasteiger charge is -2.09. The van der Waals surface area contributed by atoms with Gasteiger partial charge in [-0.15, -0.1) is 0 Å². The molecular weight excluding hydrogens is 242 g/mol. The fraction of sp³-hybridized carbons (Fsp3) is 0.267. The van der Waals surface area contributed by atoms with Crippen molar-refractivity contribution in [3.63, 3.8) is 0 Å². The first-order valence-corrected chi connectivity index (χ1v) is 6.31. The molecule has 0 spiro atoms. The van der Waals surface area contributed by atoms with Gasteiger partial charge in [-0.2, -0.15) is 0 Å². The van der Waals surface area contributed by atoms with Gasteiger partial charge in [-0.1, -0.05) is 13.0 Å². The number of phenols is 2. The number of hydrogen-bond acceptors (Lipinski definition) is 3. The average Bonchev–Trinajstić information content (AvgIpc) is 2.39. The fourth-order valence-electron chi connectivity index (χ4n) is 2.07. The molecule has 0 aliphatic rings. The first-order chi connectivity index (χ1) is 9.10. The summed E-state index contributed by atoms with van der Waals surface area (Å²) in [6.07, 6.45) is 1.07. The molecule has 0 aliphatic heterocycles. The Morgan fingerprint density at radius 3 is 2.68 bits per heavy atom. The molecule has 0 unspecified atom stereocenters. The van der Waals surface area contributed by atoms with Crippen LogP contribution in [-0.2, 0) is 11.2 Å². The number of hydrogen-bond donors (Lipinski definition) is 3. The summed E-state index contributed by atoms with van der Waals surface area (Å²) < 4.78 is 0. The highest BCUT2D eigenvalue weighted by Gasteiger charge is 2.06. The molecule has 0 fully saturated rings. The quantitative estimate of drug-likeness (QED) is 0.789. The summed E-state index contributed by atoms with van der Waals surface area (Å²) in [7, 11) is 0. The number of fused-ring (bicyclic) bond motifs is 1. The van der Waals surface area contributed by atoms with E-state index < -0.39 is 0 Å². The van der Waals surface area contributed by atoms with Crippen molar-refractivity contribution >= 4 is 16.7 Å². The summed E-state index contributed by atoms with van der Waals surface area (Å²) in [6.45, 7) is 2.32. The average molecular weight is 259 g/mol. The third-order valence-electron chi connectivity index (χ3n) is 3.05. The van der Waals surface area contributed by atoms with Crippen LogP contribution in [0.3, 0.4) is 0 Å². The third-order valence-corrected chi connectivity index (χ3v) is 3.05. The molecule has 0 radical (unpaired) electrons. The van der Waals surface area contributed by atoms with Gasteiger partial charge in [0.1, 0.15) is 11.5 Å². The second kappa shape index (κ2) is 5.61. The zero-order valence-corrected chi connectivity index (χ0v) is 10.8. The number of carbonyl (C=O) groups is 1. The first-order valence-electron chi connectivity index (χ1n) is 6.31. The molecule has 0 atom stereocenters. The zero-order valence-electron chi connectivity index (χ0n) is 10.8. The van der Waals surface area contributed by atoms with E-state index in [1.54, 1.807) is 37.3 Å². The van der Waals surface area contributed by atoms with E-state index in [0.717, 1.165) is 16.3 Å². The second-order valence-corrected chi connectivity index (χ2v) is 4.46. The SMILES string of the molecule is CCC(=O)NCCc1cc(O)cc2ccc(O)cc12. The Kier molecular flexibility index (Phi) is 3.90. The Morgan fingerprint density at radius 2 is 1.95 bits per heavy atom. The highest BCUT2D eigenvalue weighted by molar-refractivity contribution is 5.88. The van der Waals surface area contributed by atoms with Crippen molar-refractivity contribution in [1.82, 2.24) is 5.32 Å². The van der Waals surface area contributed by atoms with Gasteiger partial charge in [0, 0.05) is 13.0 Å². The molecule has 0 saturated carbocycles. The van der Waals surface area contributed by atoms with Gasteiger partial charge < -0.3 is 15.5 Å². The van der Waals surface area contributed by atoms with Gasteiger partial charge in [0.25, 0.3) is 0 Å². The molecular formula is C15H17NO3. The van der Waals surface area contributed by atoms with E-state index in [4.69, 9.17) is 0 Å². The van der Waals surface area contributed by atoms with Crippen molar-refractivity contribution in [2.45, 2.75) is 19.8 Å².